The Morgan fingerprint density at radius 2 is 2.38 bits per heavy atom. The van der Waals surface area contributed by atoms with Gasteiger partial charge in [-0.15, -0.1) is 0 Å². The molecule has 0 aliphatic rings. The number of aliphatic imine (C=N–C) groups is 1. The predicted molar refractivity (Wildman–Crippen MR) is 38.5 cm³/mol. The van der Waals surface area contributed by atoms with E-state index in [-0.39, 0.29) is 0 Å². The third-order valence-electron chi connectivity index (χ3n) is 1.16. The summed E-state index contributed by atoms with van der Waals surface area (Å²) in [5.41, 5.74) is 1.39. The van der Waals surface area contributed by atoms with Crippen molar-refractivity contribution in [2.75, 3.05) is 6.54 Å². The summed E-state index contributed by atoms with van der Waals surface area (Å²) in [5, 5.41) is 0. The normalized spacial score (nSPS) is 11.5. The van der Waals surface area contributed by atoms with Crippen molar-refractivity contribution >= 4 is 6.72 Å². The maximum atomic E-state index is 3.73. The van der Waals surface area contributed by atoms with Gasteiger partial charge < -0.3 is 4.99 Å². The largest absolute Gasteiger partial charge is 0.301 e. The lowest BCUT2D eigenvalue weighted by atomic mass is 10.2. The molecule has 1 nitrogen and oxygen atoms in total. The highest BCUT2D eigenvalue weighted by Crippen LogP contribution is 1.97. The zero-order valence-electron chi connectivity index (χ0n) is 5.65. The third-order valence-corrected chi connectivity index (χ3v) is 1.16. The summed E-state index contributed by atoms with van der Waals surface area (Å²) >= 11 is 0. The van der Waals surface area contributed by atoms with Crippen molar-refractivity contribution in [3.05, 3.63) is 11.6 Å². The molecule has 0 aromatic heterocycles. The summed E-state index contributed by atoms with van der Waals surface area (Å²) in [7, 11) is 0. The first-order chi connectivity index (χ1) is 3.81. The Kier molecular flexibility index (Phi) is 4.23. The Morgan fingerprint density at radius 3 is 2.75 bits per heavy atom. The molecule has 0 saturated carbocycles. The molecule has 0 aromatic carbocycles. The van der Waals surface area contributed by atoms with Crippen LogP contribution in [0.5, 0.6) is 0 Å². The first kappa shape index (κ1) is 7.41. The maximum Gasteiger partial charge on any atom is 0.0419 e. The molecule has 0 radical (unpaired) electrons. The van der Waals surface area contributed by atoms with Gasteiger partial charge in [0.15, 0.2) is 0 Å². The summed E-state index contributed by atoms with van der Waals surface area (Å²) in [4.78, 5) is 3.73. The van der Waals surface area contributed by atoms with Gasteiger partial charge in [0.25, 0.3) is 0 Å². The molecule has 0 aliphatic carbocycles. The average molecular weight is 111 g/mol. The Hall–Kier alpha value is -0.590. The number of allylic oxidation sites excluding steroid dienone is 1. The van der Waals surface area contributed by atoms with E-state index in [4.69, 9.17) is 0 Å². The highest BCUT2D eigenvalue weighted by Gasteiger charge is 1.82. The fourth-order valence-electron chi connectivity index (χ4n) is 0.400. The summed E-state index contributed by atoms with van der Waals surface area (Å²) in [5.74, 6) is 0. The van der Waals surface area contributed by atoms with Crippen molar-refractivity contribution < 1.29 is 0 Å². The van der Waals surface area contributed by atoms with E-state index in [1.807, 2.05) is 6.92 Å². The van der Waals surface area contributed by atoms with Gasteiger partial charge in [0.1, 0.15) is 0 Å². The van der Waals surface area contributed by atoms with E-state index in [2.05, 4.69) is 24.7 Å². The molecule has 0 saturated heterocycles. The van der Waals surface area contributed by atoms with Gasteiger partial charge >= 0.3 is 0 Å². The number of nitrogens with zero attached hydrogens (tertiary/aromatic N) is 1. The molecule has 0 atom stereocenters. The van der Waals surface area contributed by atoms with Gasteiger partial charge in [-0.25, -0.2) is 0 Å². The highest BCUT2D eigenvalue weighted by molar-refractivity contribution is 5.23. The number of hydrogen-bond donors (Lipinski definition) is 0. The van der Waals surface area contributed by atoms with Crippen LogP contribution in [-0.4, -0.2) is 13.3 Å². The van der Waals surface area contributed by atoms with Gasteiger partial charge in [-0.2, -0.15) is 0 Å². The minimum atomic E-state index is 0.857. The lowest BCUT2D eigenvalue weighted by molar-refractivity contribution is 0.955. The molecule has 0 rings (SSSR count). The fraction of sp³-hybridized carbons (Fsp3) is 0.571. The second-order valence-corrected chi connectivity index (χ2v) is 1.83. The topological polar surface area (TPSA) is 12.4 Å². The van der Waals surface area contributed by atoms with Crippen molar-refractivity contribution in [2.45, 2.75) is 20.3 Å². The minimum Gasteiger partial charge on any atom is -0.301 e. The van der Waals surface area contributed by atoms with E-state index in [1.54, 1.807) is 0 Å². The van der Waals surface area contributed by atoms with Crippen molar-refractivity contribution in [1.29, 1.82) is 0 Å². The van der Waals surface area contributed by atoms with Crippen molar-refractivity contribution in [3.8, 4) is 0 Å². The van der Waals surface area contributed by atoms with Crippen LogP contribution in [0.1, 0.15) is 20.3 Å². The third kappa shape index (κ3) is 3.59. The first-order valence-electron chi connectivity index (χ1n) is 2.85. The average Bonchev–Trinajstić information content (AvgIpc) is 1.83. The summed E-state index contributed by atoms with van der Waals surface area (Å²) in [6.07, 6.45) is 3.16. The summed E-state index contributed by atoms with van der Waals surface area (Å²) in [6, 6.07) is 0. The zero-order chi connectivity index (χ0) is 6.41. The van der Waals surface area contributed by atoms with E-state index in [1.165, 1.54) is 5.57 Å². The van der Waals surface area contributed by atoms with E-state index in [9.17, 15) is 0 Å². The van der Waals surface area contributed by atoms with E-state index in [0.717, 1.165) is 13.0 Å². The van der Waals surface area contributed by atoms with E-state index < -0.39 is 0 Å². The molecule has 0 aliphatic heterocycles. The molecule has 0 spiro atoms. The van der Waals surface area contributed by atoms with Gasteiger partial charge in [0, 0.05) is 6.54 Å². The standard InChI is InChI=1S/C7H13N/c1-4-7(2)5-6-8-3/h4H,3,5-6H2,1-2H3. The van der Waals surface area contributed by atoms with Gasteiger partial charge in [-0.05, 0) is 27.0 Å². The van der Waals surface area contributed by atoms with Crippen LogP contribution in [0, 0.1) is 0 Å². The lowest BCUT2D eigenvalue weighted by Gasteiger charge is -1.92. The van der Waals surface area contributed by atoms with Crippen LogP contribution in [-0.2, 0) is 0 Å². The number of rotatable bonds is 3. The van der Waals surface area contributed by atoms with Crippen molar-refractivity contribution in [1.82, 2.24) is 0 Å². The van der Waals surface area contributed by atoms with E-state index >= 15 is 0 Å². The molecule has 1 heteroatoms. The Morgan fingerprint density at radius 1 is 1.75 bits per heavy atom. The van der Waals surface area contributed by atoms with Crippen LogP contribution in [0.2, 0.25) is 0 Å². The minimum absolute atomic E-state index is 0.857. The molecule has 0 N–H and O–H groups in total. The van der Waals surface area contributed by atoms with Gasteiger partial charge in [-0.3, -0.25) is 0 Å². The van der Waals surface area contributed by atoms with Crippen LogP contribution in [0.3, 0.4) is 0 Å². The second-order valence-electron chi connectivity index (χ2n) is 1.83. The maximum absolute atomic E-state index is 3.73. The molecule has 0 fully saturated rings. The molecular weight excluding hydrogens is 98.1 g/mol. The van der Waals surface area contributed by atoms with Crippen LogP contribution in [0.25, 0.3) is 0 Å². The van der Waals surface area contributed by atoms with Gasteiger partial charge in [0.05, 0.1) is 0 Å². The Balaban J connectivity index is 3.24. The van der Waals surface area contributed by atoms with Crippen LogP contribution in [0.4, 0.5) is 0 Å². The van der Waals surface area contributed by atoms with Gasteiger partial charge in [0.2, 0.25) is 0 Å². The smallest absolute Gasteiger partial charge is 0.0419 e. The predicted octanol–water partition coefficient (Wildman–Crippen LogP) is 2.04. The summed E-state index contributed by atoms with van der Waals surface area (Å²) < 4.78 is 0. The molecule has 0 heterocycles. The first-order valence-corrected chi connectivity index (χ1v) is 2.85. The highest BCUT2D eigenvalue weighted by atomic mass is 14.7. The Bertz CT molecular complexity index is 92.6. The lowest BCUT2D eigenvalue weighted by Crippen LogP contribution is -1.79. The van der Waals surface area contributed by atoms with Crippen molar-refractivity contribution in [3.63, 3.8) is 0 Å². The quantitative estimate of drug-likeness (QED) is 0.390. The van der Waals surface area contributed by atoms with Crippen molar-refractivity contribution in [2.24, 2.45) is 4.99 Å². The summed E-state index contributed by atoms with van der Waals surface area (Å²) in [6.45, 7) is 8.39. The van der Waals surface area contributed by atoms with Crippen LogP contribution in [0.15, 0.2) is 16.6 Å². The zero-order valence-corrected chi connectivity index (χ0v) is 5.65. The monoisotopic (exact) mass is 111 g/mol. The molecule has 8 heavy (non-hydrogen) atoms. The Labute approximate surface area is 51.1 Å². The van der Waals surface area contributed by atoms with Crippen LogP contribution < -0.4 is 0 Å². The molecule has 0 unspecified atom stereocenters. The second kappa shape index (κ2) is 4.57. The van der Waals surface area contributed by atoms with E-state index in [0.29, 0.717) is 0 Å². The molecule has 0 aromatic rings. The number of hydrogen-bond acceptors (Lipinski definition) is 1. The van der Waals surface area contributed by atoms with Gasteiger partial charge in [-0.1, -0.05) is 11.6 Å². The molecule has 0 bridgehead atoms. The fourth-order valence-corrected chi connectivity index (χ4v) is 0.400. The SMILES string of the molecule is C=NCCC(C)=CC. The van der Waals surface area contributed by atoms with Crippen LogP contribution >= 0.6 is 0 Å². The molecule has 0 amide bonds. The molecule has 46 valence electrons. The molecular formula is C7H13N.